The molecule has 0 bridgehead atoms. The Hall–Kier alpha value is -1.58. The lowest BCUT2D eigenvalue weighted by Crippen LogP contribution is -2.42. The van der Waals surface area contributed by atoms with Crippen LogP contribution < -0.4 is 10.1 Å². The fraction of sp³-hybridized carbons (Fsp3) is 0.375. The van der Waals surface area contributed by atoms with Gasteiger partial charge in [0.05, 0.1) is 0 Å². The molecule has 0 saturated heterocycles. The topological polar surface area (TPSA) is 41.5 Å². The van der Waals surface area contributed by atoms with E-state index in [1.807, 2.05) is 37.3 Å². The zero-order valence-corrected chi connectivity index (χ0v) is 11.5. The fourth-order valence-electron chi connectivity index (χ4n) is 1.94. The summed E-state index contributed by atoms with van der Waals surface area (Å²) in [5.74, 6) is 0.787. The molecule has 0 aliphatic rings. The van der Waals surface area contributed by atoms with E-state index in [9.17, 15) is 5.11 Å². The van der Waals surface area contributed by atoms with Crippen LogP contribution in [0.15, 0.2) is 42.5 Å². The third-order valence-corrected chi connectivity index (χ3v) is 3.03. The number of nitrogens with one attached hydrogen (secondary N) is 1. The molecule has 19 heavy (non-hydrogen) atoms. The Morgan fingerprint density at radius 1 is 1.16 bits per heavy atom. The van der Waals surface area contributed by atoms with Crippen LogP contribution >= 0.6 is 0 Å². The molecule has 2 aromatic carbocycles. The standard InChI is InChI=1S/C16H21NO2/c1-3-17-11-16(2,18)12-19-15-9-8-13-6-4-5-7-14(13)10-15/h4-10,17-18H,3,11-12H2,1-2H3. The summed E-state index contributed by atoms with van der Waals surface area (Å²) in [6.07, 6.45) is 0. The summed E-state index contributed by atoms with van der Waals surface area (Å²) in [5.41, 5.74) is -0.859. The van der Waals surface area contributed by atoms with E-state index in [-0.39, 0.29) is 6.61 Å². The van der Waals surface area contributed by atoms with Gasteiger partial charge in [-0.15, -0.1) is 0 Å². The van der Waals surface area contributed by atoms with E-state index in [0.29, 0.717) is 6.54 Å². The average Bonchev–Trinajstić information content (AvgIpc) is 2.43. The average molecular weight is 259 g/mol. The number of hydrogen-bond acceptors (Lipinski definition) is 3. The summed E-state index contributed by atoms with van der Waals surface area (Å²) in [4.78, 5) is 0. The molecule has 0 aromatic heterocycles. The van der Waals surface area contributed by atoms with Crippen molar-refractivity contribution >= 4 is 10.8 Å². The fourth-order valence-corrected chi connectivity index (χ4v) is 1.94. The van der Waals surface area contributed by atoms with Crippen molar-refractivity contribution in [3.8, 4) is 5.75 Å². The molecule has 3 nitrogen and oxygen atoms in total. The Labute approximate surface area is 114 Å². The van der Waals surface area contributed by atoms with Crippen LogP contribution in [-0.2, 0) is 0 Å². The molecule has 2 rings (SSSR count). The first-order valence-electron chi connectivity index (χ1n) is 6.65. The Bertz CT molecular complexity index is 537. The molecule has 1 atom stereocenters. The molecule has 0 aliphatic carbocycles. The van der Waals surface area contributed by atoms with Gasteiger partial charge >= 0.3 is 0 Å². The zero-order valence-electron chi connectivity index (χ0n) is 11.5. The maximum absolute atomic E-state index is 10.1. The van der Waals surface area contributed by atoms with Gasteiger partial charge in [0.15, 0.2) is 0 Å². The maximum atomic E-state index is 10.1. The van der Waals surface area contributed by atoms with Gasteiger partial charge in [0.25, 0.3) is 0 Å². The summed E-state index contributed by atoms with van der Waals surface area (Å²) in [5, 5.41) is 15.6. The molecule has 0 fully saturated rings. The molecule has 3 heteroatoms. The van der Waals surface area contributed by atoms with Crippen molar-refractivity contribution in [3.63, 3.8) is 0 Å². The smallest absolute Gasteiger partial charge is 0.120 e. The van der Waals surface area contributed by atoms with Crippen LogP contribution in [0.4, 0.5) is 0 Å². The van der Waals surface area contributed by atoms with Crippen LogP contribution in [0, 0.1) is 0 Å². The summed E-state index contributed by atoms with van der Waals surface area (Å²) in [6.45, 7) is 5.43. The molecule has 102 valence electrons. The molecule has 0 saturated carbocycles. The molecule has 2 aromatic rings. The summed E-state index contributed by atoms with van der Waals surface area (Å²) in [7, 11) is 0. The lowest BCUT2D eigenvalue weighted by molar-refractivity contribution is 0.0128. The van der Waals surface area contributed by atoms with E-state index in [1.165, 1.54) is 5.39 Å². The van der Waals surface area contributed by atoms with Crippen LogP contribution in [0.1, 0.15) is 13.8 Å². The molecule has 1 unspecified atom stereocenters. The molecule has 0 aliphatic heterocycles. The third-order valence-electron chi connectivity index (χ3n) is 3.03. The van der Waals surface area contributed by atoms with Crippen molar-refractivity contribution in [3.05, 3.63) is 42.5 Å². The molecule has 0 spiro atoms. The molecular formula is C16H21NO2. The van der Waals surface area contributed by atoms with Gasteiger partial charge in [-0.25, -0.2) is 0 Å². The van der Waals surface area contributed by atoms with Gasteiger partial charge in [-0.1, -0.05) is 37.3 Å². The van der Waals surface area contributed by atoms with E-state index in [2.05, 4.69) is 17.4 Å². The Morgan fingerprint density at radius 2 is 1.89 bits per heavy atom. The minimum atomic E-state index is -0.859. The number of ether oxygens (including phenoxy) is 1. The van der Waals surface area contributed by atoms with Crippen molar-refractivity contribution in [1.82, 2.24) is 5.32 Å². The third kappa shape index (κ3) is 3.94. The number of rotatable bonds is 6. The number of aliphatic hydroxyl groups is 1. The molecule has 0 heterocycles. The lowest BCUT2D eigenvalue weighted by Gasteiger charge is -2.23. The first-order valence-corrected chi connectivity index (χ1v) is 6.65. The van der Waals surface area contributed by atoms with Crippen LogP contribution in [0.2, 0.25) is 0 Å². The Kier molecular flexibility index (Phi) is 4.40. The highest BCUT2D eigenvalue weighted by Crippen LogP contribution is 2.21. The van der Waals surface area contributed by atoms with Crippen LogP contribution in [0.25, 0.3) is 10.8 Å². The molecular weight excluding hydrogens is 238 g/mol. The van der Waals surface area contributed by atoms with Gasteiger partial charge in [0.1, 0.15) is 18.0 Å². The van der Waals surface area contributed by atoms with E-state index < -0.39 is 5.60 Å². The minimum Gasteiger partial charge on any atom is -0.491 e. The first-order chi connectivity index (χ1) is 9.11. The van der Waals surface area contributed by atoms with E-state index in [0.717, 1.165) is 17.7 Å². The van der Waals surface area contributed by atoms with Crippen LogP contribution in [0.5, 0.6) is 5.75 Å². The molecule has 0 radical (unpaired) electrons. The normalized spacial score (nSPS) is 14.3. The number of benzene rings is 2. The minimum absolute atomic E-state index is 0.276. The second kappa shape index (κ2) is 6.04. The highest BCUT2D eigenvalue weighted by atomic mass is 16.5. The summed E-state index contributed by atoms with van der Waals surface area (Å²) >= 11 is 0. The Balaban J connectivity index is 2.01. The second-order valence-electron chi connectivity index (χ2n) is 5.07. The number of hydrogen-bond donors (Lipinski definition) is 2. The highest BCUT2D eigenvalue weighted by Gasteiger charge is 2.20. The van der Waals surface area contributed by atoms with Gasteiger partial charge < -0.3 is 15.2 Å². The Morgan fingerprint density at radius 3 is 2.63 bits per heavy atom. The monoisotopic (exact) mass is 259 g/mol. The molecule has 0 amide bonds. The second-order valence-corrected chi connectivity index (χ2v) is 5.07. The van der Waals surface area contributed by atoms with Crippen LogP contribution in [-0.4, -0.2) is 30.4 Å². The quantitative estimate of drug-likeness (QED) is 0.838. The van der Waals surface area contributed by atoms with Gasteiger partial charge in [0, 0.05) is 6.54 Å². The van der Waals surface area contributed by atoms with Crippen molar-refractivity contribution in [2.24, 2.45) is 0 Å². The van der Waals surface area contributed by atoms with Gasteiger partial charge in [0.2, 0.25) is 0 Å². The van der Waals surface area contributed by atoms with Crippen molar-refractivity contribution in [2.75, 3.05) is 19.7 Å². The summed E-state index contributed by atoms with van der Waals surface area (Å²) < 4.78 is 5.69. The predicted octanol–water partition coefficient (Wildman–Crippen LogP) is 2.58. The van der Waals surface area contributed by atoms with Crippen molar-refractivity contribution in [1.29, 1.82) is 0 Å². The van der Waals surface area contributed by atoms with Crippen molar-refractivity contribution < 1.29 is 9.84 Å². The summed E-state index contributed by atoms with van der Waals surface area (Å²) in [6, 6.07) is 14.1. The highest BCUT2D eigenvalue weighted by molar-refractivity contribution is 5.83. The van der Waals surface area contributed by atoms with E-state index >= 15 is 0 Å². The predicted molar refractivity (Wildman–Crippen MR) is 78.6 cm³/mol. The maximum Gasteiger partial charge on any atom is 0.120 e. The first kappa shape index (κ1) is 13.8. The van der Waals surface area contributed by atoms with E-state index in [4.69, 9.17) is 4.74 Å². The number of likely N-dealkylation sites (N-methyl/N-ethyl adjacent to an activating group) is 1. The largest absolute Gasteiger partial charge is 0.491 e. The van der Waals surface area contributed by atoms with E-state index in [1.54, 1.807) is 6.92 Å². The SMILES string of the molecule is CCNCC(C)(O)COc1ccc2ccccc2c1. The van der Waals surface area contributed by atoms with Crippen molar-refractivity contribution in [2.45, 2.75) is 19.4 Å². The lowest BCUT2D eigenvalue weighted by atomic mass is 10.1. The van der Waals surface area contributed by atoms with Gasteiger partial charge in [-0.2, -0.15) is 0 Å². The number of fused-ring (bicyclic) bond motifs is 1. The van der Waals surface area contributed by atoms with Crippen LogP contribution in [0.3, 0.4) is 0 Å². The van der Waals surface area contributed by atoms with Gasteiger partial charge in [-0.05, 0) is 36.4 Å². The molecule has 2 N–H and O–H groups in total. The zero-order chi connectivity index (χ0) is 13.7. The van der Waals surface area contributed by atoms with Gasteiger partial charge in [-0.3, -0.25) is 0 Å².